The number of carbonyl (C=O) groups excluding carboxylic acids is 2. The van der Waals surface area contributed by atoms with Crippen LogP contribution >= 0.6 is 0 Å². The number of nitrogens with two attached hydrogens (primary N) is 2. The fourth-order valence-electron chi connectivity index (χ4n) is 1.30. The van der Waals surface area contributed by atoms with E-state index in [1.807, 2.05) is 0 Å². The zero-order valence-electron chi connectivity index (χ0n) is 9.63. The minimum Gasteiger partial charge on any atom is -0.370 e. The number of halogens is 1. The van der Waals surface area contributed by atoms with Crippen molar-refractivity contribution in [1.29, 1.82) is 0 Å². The van der Waals surface area contributed by atoms with Crippen LogP contribution in [0.4, 0.5) is 15.8 Å². The first-order valence-corrected chi connectivity index (χ1v) is 5.10. The Kier molecular flexibility index (Phi) is 4.48. The Labute approximate surface area is 106 Å². The van der Waals surface area contributed by atoms with Gasteiger partial charge < -0.3 is 16.8 Å². The number of amides is 2. The van der Waals surface area contributed by atoms with Crippen molar-refractivity contribution in [2.24, 2.45) is 11.5 Å². The molecule has 19 heavy (non-hydrogen) atoms. The number of nitrogens with zero attached hydrogens (tertiary/aromatic N) is 1. The fraction of sp³-hybridized carbons (Fsp3) is 0.200. The van der Waals surface area contributed by atoms with Crippen molar-refractivity contribution in [3.8, 4) is 0 Å². The highest BCUT2D eigenvalue weighted by Gasteiger charge is 2.21. The SMILES string of the molecule is NC(=O)C[C@H](N)C(=O)Nc1cc(F)ccc1[N+](=O)[O-]. The monoisotopic (exact) mass is 270 g/mol. The van der Waals surface area contributed by atoms with Gasteiger partial charge in [0.15, 0.2) is 0 Å². The number of primary amides is 1. The van der Waals surface area contributed by atoms with E-state index in [-0.39, 0.29) is 5.69 Å². The topological polar surface area (TPSA) is 141 Å². The van der Waals surface area contributed by atoms with Gasteiger partial charge in [0.25, 0.3) is 5.69 Å². The van der Waals surface area contributed by atoms with Crippen molar-refractivity contribution in [2.45, 2.75) is 12.5 Å². The molecule has 1 rings (SSSR count). The zero-order valence-corrected chi connectivity index (χ0v) is 9.63. The summed E-state index contributed by atoms with van der Waals surface area (Å²) in [5.74, 6) is -2.42. The van der Waals surface area contributed by atoms with E-state index in [4.69, 9.17) is 11.5 Å². The van der Waals surface area contributed by atoms with Gasteiger partial charge in [-0.15, -0.1) is 0 Å². The summed E-state index contributed by atoms with van der Waals surface area (Å²) in [5, 5.41) is 12.8. The maximum Gasteiger partial charge on any atom is 0.292 e. The third-order valence-corrected chi connectivity index (χ3v) is 2.17. The molecule has 102 valence electrons. The minimum atomic E-state index is -1.26. The first-order chi connectivity index (χ1) is 8.81. The number of nitro benzene ring substituents is 1. The normalized spacial score (nSPS) is 11.7. The summed E-state index contributed by atoms with van der Waals surface area (Å²) < 4.78 is 13.0. The minimum absolute atomic E-state index is 0.338. The molecule has 1 aromatic carbocycles. The smallest absolute Gasteiger partial charge is 0.292 e. The molecule has 0 aliphatic rings. The number of rotatable bonds is 5. The van der Waals surface area contributed by atoms with Crippen molar-refractivity contribution >= 4 is 23.2 Å². The van der Waals surface area contributed by atoms with Crippen molar-refractivity contribution in [2.75, 3.05) is 5.32 Å². The van der Waals surface area contributed by atoms with Crippen LogP contribution in [-0.2, 0) is 9.59 Å². The molecule has 5 N–H and O–H groups in total. The number of nitro groups is 1. The Bertz CT molecular complexity index is 534. The molecule has 0 aliphatic carbocycles. The van der Waals surface area contributed by atoms with Gasteiger partial charge >= 0.3 is 0 Å². The molecule has 0 unspecified atom stereocenters. The van der Waals surface area contributed by atoms with Gasteiger partial charge in [-0.2, -0.15) is 0 Å². The number of hydrogen-bond acceptors (Lipinski definition) is 5. The third-order valence-electron chi connectivity index (χ3n) is 2.17. The lowest BCUT2D eigenvalue weighted by Crippen LogP contribution is -2.39. The quantitative estimate of drug-likeness (QED) is 0.505. The molecular formula is C10H11FN4O4. The second-order valence-corrected chi connectivity index (χ2v) is 3.68. The molecule has 0 bridgehead atoms. The lowest BCUT2D eigenvalue weighted by atomic mass is 10.2. The van der Waals surface area contributed by atoms with E-state index in [1.54, 1.807) is 0 Å². The first-order valence-electron chi connectivity index (χ1n) is 5.10. The molecule has 0 aromatic heterocycles. The highest BCUT2D eigenvalue weighted by atomic mass is 19.1. The van der Waals surface area contributed by atoms with Gasteiger partial charge in [-0.05, 0) is 6.07 Å². The Morgan fingerprint density at radius 3 is 2.63 bits per heavy atom. The molecule has 1 aromatic rings. The van der Waals surface area contributed by atoms with Crippen molar-refractivity contribution in [3.05, 3.63) is 34.1 Å². The van der Waals surface area contributed by atoms with Crippen LogP contribution in [0, 0.1) is 15.9 Å². The van der Waals surface area contributed by atoms with Gasteiger partial charge in [0.05, 0.1) is 17.4 Å². The molecule has 0 radical (unpaired) electrons. The van der Waals surface area contributed by atoms with Gasteiger partial charge in [-0.1, -0.05) is 0 Å². The highest BCUT2D eigenvalue weighted by molar-refractivity contribution is 5.98. The lowest BCUT2D eigenvalue weighted by Gasteiger charge is -2.10. The van der Waals surface area contributed by atoms with E-state index in [0.29, 0.717) is 0 Å². The molecule has 9 heteroatoms. The average molecular weight is 270 g/mol. The van der Waals surface area contributed by atoms with E-state index >= 15 is 0 Å². The molecular weight excluding hydrogens is 259 g/mol. The maximum absolute atomic E-state index is 13.0. The molecule has 2 amide bonds. The summed E-state index contributed by atoms with van der Waals surface area (Å²) in [6, 6.07) is 1.31. The van der Waals surface area contributed by atoms with Crippen molar-refractivity contribution in [1.82, 2.24) is 0 Å². The number of benzene rings is 1. The van der Waals surface area contributed by atoms with E-state index in [0.717, 1.165) is 18.2 Å². The van der Waals surface area contributed by atoms with Crippen molar-refractivity contribution in [3.63, 3.8) is 0 Å². The maximum atomic E-state index is 13.0. The first kappa shape index (κ1) is 14.5. The largest absolute Gasteiger partial charge is 0.370 e. The Balaban J connectivity index is 2.92. The van der Waals surface area contributed by atoms with Crippen LogP contribution in [-0.4, -0.2) is 22.8 Å². The van der Waals surface area contributed by atoms with Crippen LogP contribution in [0.2, 0.25) is 0 Å². The van der Waals surface area contributed by atoms with Crippen LogP contribution < -0.4 is 16.8 Å². The Morgan fingerprint density at radius 2 is 2.11 bits per heavy atom. The van der Waals surface area contributed by atoms with Gasteiger partial charge in [0, 0.05) is 12.1 Å². The zero-order chi connectivity index (χ0) is 14.6. The van der Waals surface area contributed by atoms with Gasteiger partial charge in [-0.3, -0.25) is 19.7 Å². The molecule has 0 spiro atoms. The molecule has 0 saturated carbocycles. The number of anilines is 1. The van der Waals surface area contributed by atoms with Gasteiger partial charge in [-0.25, -0.2) is 4.39 Å². The van der Waals surface area contributed by atoms with E-state index in [9.17, 15) is 24.1 Å². The fourth-order valence-corrected chi connectivity index (χ4v) is 1.30. The van der Waals surface area contributed by atoms with Crippen LogP contribution in [0.15, 0.2) is 18.2 Å². The standard InChI is InChI=1S/C10H11FN4O4/c11-5-1-2-8(15(18)19)7(3-5)14-10(17)6(12)4-9(13)16/h1-3,6H,4,12H2,(H2,13,16)(H,14,17)/t6-/m0/s1. The second kappa shape index (κ2) is 5.87. The van der Waals surface area contributed by atoms with Gasteiger partial charge in [0.2, 0.25) is 11.8 Å². The molecule has 0 fully saturated rings. The summed E-state index contributed by atoms with van der Waals surface area (Å²) in [5.41, 5.74) is 9.39. The summed E-state index contributed by atoms with van der Waals surface area (Å²) in [4.78, 5) is 32.0. The Hall–Kier alpha value is -2.55. The van der Waals surface area contributed by atoms with Crippen LogP contribution in [0.1, 0.15) is 6.42 Å². The summed E-state index contributed by atoms with van der Waals surface area (Å²) >= 11 is 0. The highest BCUT2D eigenvalue weighted by Crippen LogP contribution is 2.24. The third kappa shape index (κ3) is 4.00. The van der Waals surface area contributed by atoms with Crippen LogP contribution in [0.5, 0.6) is 0 Å². The molecule has 0 saturated heterocycles. The van der Waals surface area contributed by atoms with Crippen LogP contribution in [0.25, 0.3) is 0 Å². The lowest BCUT2D eigenvalue weighted by molar-refractivity contribution is -0.384. The van der Waals surface area contributed by atoms with E-state index < -0.39 is 40.7 Å². The van der Waals surface area contributed by atoms with E-state index in [1.165, 1.54) is 0 Å². The summed E-state index contributed by atoms with van der Waals surface area (Å²) in [6.45, 7) is 0. The number of hydrogen-bond donors (Lipinski definition) is 3. The van der Waals surface area contributed by atoms with Crippen LogP contribution in [0.3, 0.4) is 0 Å². The predicted molar refractivity (Wildman–Crippen MR) is 63.5 cm³/mol. The Morgan fingerprint density at radius 1 is 1.47 bits per heavy atom. The predicted octanol–water partition coefficient (Wildman–Crippen LogP) is -0.125. The molecule has 0 aliphatic heterocycles. The molecule has 8 nitrogen and oxygen atoms in total. The summed E-state index contributed by atoms with van der Waals surface area (Å²) in [6.07, 6.45) is -0.422. The van der Waals surface area contributed by atoms with E-state index in [2.05, 4.69) is 5.32 Å². The summed E-state index contributed by atoms with van der Waals surface area (Å²) in [7, 11) is 0. The van der Waals surface area contributed by atoms with Gasteiger partial charge in [0.1, 0.15) is 11.5 Å². The molecule has 0 heterocycles. The molecule has 1 atom stereocenters. The number of nitrogens with one attached hydrogen (secondary N) is 1. The second-order valence-electron chi connectivity index (χ2n) is 3.68. The average Bonchev–Trinajstić information content (AvgIpc) is 2.27. The van der Waals surface area contributed by atoms with Crippen molar-refractivity contribution < 1.29 is 18.9 Å². The number of carbonyl (C=O) groups is 2.